The lowest BCUT2D eigenvalue weighted by atomic mass is 10.1. The molecule has 1 fully saturated rings. The van der Waals surface area contributed by atoms with Crippen molar-refractivity contribution >= 4 is 39.0 Å². The van der Waals surface area contributed by atoms with E-state index in [1.807, 2.05) is 4.57 Å². The van der Waals surface area contributed by atoms with E-state index in [-0.39, 0.29) is 29.0 Å². The molecule has 28 heavy (non-hydrogen) atoms. The third-order valence-electron chi connectivity index (χ3n) is 4.46. The Balaban J connectivity index is 1.74. The van der Waals surface area contributed by atoms with Crippen molar-refractivity contribution in [2.24, 2.45) is 0 Å². The largest absolute Gasteiger partial charge is 0.495 e. The molecule has 150 valence electrons. The van der Waals surface area contributed by atoms with Crippen LogP contribution in [0.4, 0.5) is 0 Å². The Labute approximate surface area is 173 Å². The fourth-order valence-electron chi connectivity index (χ4n) is 3.06. The van der Waals surface area contributed by atoms with Crippen LogP contribution in [-0.4, -0.2) is 53.3 Å². The average molecular weight is 442 g/mol. The van der Waals surface area contributed by atoms with Gasteiger partial charge >= 0.3 is 0 Å². The molecule has 0 aliphatic carbocycles. The van der Waals surface area contributed by atoms with Gasteiger partial charge in [0.05, 0.1) is 29.4 Å². The molecule has 7 nitrogen and oxygen atoms in total. The summed E-state index contributed by atoms with van der Waals surface area (Å²) in [6, 6.07) is 4.89. The fraction of sp³-hybridized carbons (Fsp3) is 0.389. The minimum Gasteiger partial charge on any atom is -0.495 e. The Morgan fingerprint density at radius 3 is 2.86 bits per heavy atom. The van der Waals surface area contributed by atoms with Gasteiger partial charge in [-0.25, -0.2) is 8.42 Å². The average Bonchev–Trinajstić information content (AvgIpc) is 3.22. The van der Waals surface area contributed by atoms with E-state index in [0.717, 1.165) is 0 Å². The number of carbonyl (C=O) groups is 1. The minimum absolute atomic E-state index is 0.0796. The van der Waals surface area contributed by atoms with Gasteiger partial charge < -0.3 is 9.30 Å². The van der Waals surface area contributed by atoms with E-state index in [1.165, 1.54) is 18.9 Å². The molecule has 1 aromatic heterocycles. The van der Waals surface area contributed by atoms with Gasteiger partial charge in [0.2, 0.25) is 0 Å². The number of halogens is 1. The minimum atomic E-state index is -3.03. The van der Waals surface area contributed by atoms with Crippen molar-refractivity contribution in [3.8, 4) is 5.75 Å². The second-order valence-corrected chi connectivity index (χ2v) is 9.98. The molecule has 0 amide bonds. The summed E-state index contributed by atoms with van der Waals surface area (Å²) in [4.78, 5) is 12.5. The quantitative estimate of drug-likeness (QED) is 0.353. The van der Waals surface area contributed by atoms with E-state index in [4.69, 9.17) is 16.3 Å². The zero-order valence-electron chi connectivity index (χ0n) is 15.3. The molecule has 1 atom stereocenters. The smallest absolute Gasteiger partial charge is 0.191 e. The number of methoxy groups -OCH3 is 1. The number of nitrogens with zero attached hydrogens (tertiary/aromatic N) is 3. The van der Waals surface area contributed by atoms with Gasteiger partial charge in [-0.2, -0.15) is 0 Å². The zero-order chi connectivity index (χ0) is 20.3. The number of hydrogen-bond acceptors (Lipinski definition) is 7. The summed E-state index contributed by atoms with van der Waals surface area (Å²) in [6.45, 7) is 4.19. The molecule has 3 rings (SSSR count). The molecule has 2 heterocycles. The second kappa shape index (κ2) is 8.67. The predicted molar refractivity (Wildman–Crippen MR) is 109 cm³/mol. The number of ketones is 1. The second-order valence-electron chi connectivity index (χ2n) is 6.40. The number of carbonyl (C=O) groups excluding carboxylic acids is 1. The van der Waals surface area contributed by atoms with Gasteiger partial charge in [-0.1, -0.05) is 29.4 Å². The van der Waals surface area contributed by atoms with Crippen LogP contribution in [-0.2, 0) is 16.4 Å². The topological polar surface area (TPSA) is 91.2 Å². The van der Waals surface area contributed by atoms with Crippen LogP contribution < -0.4 is 4.74 Å². The highest BCUT2D eigenvalue weighted by molar-refractivity contribution is 7.99. The molecule has 0 bridgehead atoms. The van der Waals surface area contributed by atoms with Gasteiger partial charge in [-0.3, -0.25) is 4.79 Å². The summed E-state index contributed by atoms with van der Waals surface area (Å²) in [5, 5.41) is 9.31. The van der Waals surface area contributed by atoms with Crippen molar-refractivity contribution in [3.05, 3.63) is 47.3 Å². The van der Waals surface area contributed by atoms with Crippen LogP contribution in [0, 0.1) is 0 Å². The first kappa shape index (κ1) is 20.9. The molecule has 0 radical (unpaired) electrons. The van der Waals surface area contributed by atoms with Crippen LogP contribution in [0.3, 0.4) is 0 Å². The summed E-state index contributed by atoms with van der Waals surface area (Å²) >= 11 is 7.34. The fourth-order valence-corrected chi connectivity index (χ4v) is 5.91. The van der Waals surface area contributed by atoms with Gasteiger partial charge in [-0.15, -0.1) is 16.8 Å². The summed E-state index contributed by atoms with van der Waals surface area (Å²) in [5.74, 6) is 1.25. The number of thioether (sulfide) groups is 1. The van der Waals surface area contributed by atoms with Gasteiger partial charge in [0.25, 0.3) is 0 Å². The van der Waals surface area contributed by atoms with Crippen molar-refractivity contribution in [1.82, 2.24) is 14.8 Å². The van der Waals surface area contributed by atoms with E-state index in [9.17, 15) is 13.2 Å². The SMILES string of the molecule is C=CCn1c(SCC(=O)c2ccc(OC)c(Cl)c2)nnc1C1CCS(=O)(=O)C1. The summed E-state index contributed by atoms with van der Waals surface area (Å²) < 4.78 is 30.5. The van der Waals surface area contributed by atoms with Crippen LogP contribution in [0.15, 0.2) is 36.0 Å². The van der Waals surface area contributed by atoms with Crippen LogP contribution in [0.1, 0.15) is 28.5 Å². The summed E-state index contributed by atoms with van der Waals surface area (Å²) in [6.07, 6.45) is 2.23. The van der Waals surface area contributed by atoms with Crippen molar-refractivity contribution < 1.29 is 17.9 Å². The molecule has 1 aliphatic heterocycles. The number of allylic oxidation sites excluding steroid dienone is 1. The highest BCUT2D eigenvalue weighted by Crippen LogP contribution is 2.31. The highest BCUT2D eigenvalue weighted by atomic mass is 35.5. The molecule has 2 aromatic rings. The Morgan fingerprint density at radius 1 is 1.46 bits per heavy atom. The maximum Gasteiger partial charge on any atom is 0.191 e. The summed E-state index contributed by atoms with van der Waals surface area (Å²) in [5.41, 5.74) is 0.482. The van der Waals surface area contributed by atoms with Crippen molar-refractivity contribution in [1.29, 1.82) is 0 Å². The number of Topliss-reactive ketones (excluding diaryl/α,β-unsaturated/α-hetero) is 1. The van der Waals surface area contributed by atoms with E-state index in [0.29, 0.717) is 40.3 Å². The first-order valence-electron chi connectivity index (χ1n) is 8.58. The molecule has 0 saturated carbocycles. The molecule has 0 N–H and O–H groups in total. The first-order valence-corrected chi connectivity index (χ1v) is 11.8. The lowest BCUT2D eigenvalue weighted by Gasteiger charge is -2.11. The molecule has 10 heteroatoms. The van der Waals surface area contributed by atoms with Crippen molar-refractivity contribution in [2.75, 3.05) is 24.4 Å². The van der Waals surface area contributed by atoms with Gasteiger partial charge in [0.15, 0.2) is 20.8 Å². The number of aromatic nitrogens is 3. The monoisotopic (exact) mass is 441 g/mol. The molecule has 1 saturated heterocycles. The Morgan fingerprint density at radius 2 is 2.25 bits per heavy atom. The number of hydrogen-bond donors (Lipinski definition) is 0. The molecule has 0 spiro atoms. The molecular weight excluding hydrogens is 422 g/mol. The van der Waals surface area contributed by atoms with Crippen molar-refractivity contribution in [3.63, 3.8) is 0 Å². The normalized spacial score (nSPS) is 18.1. The van der Waals surface area contributed by atoms with E-state index in [1.54, 1.807) is 24.3 Å². The van der Waals surface area contributed by atoms with Crippen molar-refractivity contribution in [2.45, 2.75) is 24.0 Å². The predicted octanol–water partition coefficient (Wildman–Crippen LogP) is 3.00. The maximum absolute atomic E-state index is 12.5. The Kier molecular flexibility index (Phi) is 6.47. The molecule has 1 aliphatic rings. The number of ether oxygens (including phenoxy) is 1. The third-order valence-corrected chi connectivity index (χ3v) is 7.49. The van der Waals surface area contributed by atoms with Gasteiger partial charge in [-0.05, 0) is 24.6 Å². The van der Waals surface area contributed by atoms with Crippen LogP contribution in [0.25, 0.3) is 0 Å². The van der Waals surface area contributed by atoms with Crippen LogP contribution in [0.2, 0.25) is 5.02 Å². The lowest BCUT2D eigenvalue weighted by Crippen LogP contribution is -2.12. The molecule has 1 aromatic carbocycles. The molecule has 1 unspecified atom stereocenters. The van der Waals surface area contributed by atoms with Gasteiger partial charge in [0, 0.05) is 18.0 Å². The number of benzene rings is 1. The summed E-state index contributed by atoms with van der Waals surface area (Å²) in [7, 11) is -1.52. The number of rotatable bonds is 8. The van der Waals surface area contributed by atoms with E-state index < -0.39 is 9.84 Å². The van der Waals surface area contributed by atoms with E-state index >= 15 is 0 Å². The lowest BCUT2D eigenvalue weighted by molar-refractivity contribution is 0.102. The maximum atomic E-state index is 12.5. The van der Waals surface area contributed by atoms with Gasteiger partial charge in [0.1, 0.15) is 11.6 Å². The zero-order valence-corrected chi connectivity index (χ0v) is 17.7. The van der Waals surface area contributed by atoms with Crippen LogP contribution in [0.5, 0.6) is 5.75 Å². The standard InChI is InChI=1S/C18H20ClN3O4S2/c1-3-7-22-17(13-6-8-28(24,25)11-13)20-21-18(22)27-10-15(23)12-4-5-16(26-2)14(19)9-12/h3-5,9,13H,1,6-8,10-11H2,2H3. The third kappa shape index (κ3) is 4.59. The van der Waals surface area contributed by atoms with Crippen LogP contribution >= 0.6 is 23.4 Å². The Bertz CT molecular complexity index is 1000. The number of sulfone groups is 1. The highest BCUT2D eigenvalue weighted by Gasteiger charge is 2.33. The van der Waals surface area contributed by atoms with E-state index in [2.05, 4.69) is 16.8 Å². The molecular formula is C18H20ClN3O4S2. The Hall–Kier alpha value is -1.84. The first-order chi connectivity index (χ1) is 13.3.